The molecular formula is C17H21N3OS. The molecule has 116 valence electrons. The minimum Gasteiger partial charge on any atom is -0.354 e. The van der Waals surface area contributed by atoms with Crippen molar-refractivity contribution in [3.63, 3.8) is 0 Å². The molecule has 1 aromatic carbocycles. The molecule has 22 heavy (non-hydrogen) atoms. The average Bonchev–Trinajstić information content (AvgIpc) is 3.04. The molecule has 1 aliphatic rings. The van der Waals surface area contributed by atoms with Gasteiger partial charge in [-0.05, 0) is 38.8 Å². The summed E-state index contributed by atoms with van der Waals surface area (Å²) in [7, 11) is 0. The molecule has 1 aliphatic carbocycles. The minimum atomic E-state index is -0.593. The van der Waals surface area contributed by atoms with Gasteiger partial charge in [0.15, 0.2) is 0 Å². The predicted octanol–water partition coefficient (Wildman–Crippen LogP) is 3.13. The van der Waals surface area contributed by atoms with Gasteiger partial charge >= 0.3 is 0 Å². The van der Waals surface area contributed by atoms with E-state index in [4.69, 9.17) is 0 Å². The summed E-state index contributed by atoms with van der Waals surface area (Å²) in [4.78, 5) is 20.8. The Balaban J connectivity index is 1.59. The maximum absolute atomic E-state index is 12.5. The molecule has 0 spiro atoms. The van der Waals surface area contributed by atoms with Gasteiger partial charge in [-0.1, -0.05) is 18.2 Å². The Kier molecular flexibility index (Phi) is 4.00. The number of aromatic nitrogens is 2. The van der Waals surface area contributed by atoms with Crippen molar-refractivity contribution in [3.8, 4) is 0 Å². The zero-order chi connectivity index (χ0) is 15.6. The van der Waals surface area contributed by atoms with Crippen LogP contribution in [0.5, 0.6) is 0 Å². The molecule has 1 amide bonds. The lowest BCUT2D eigenvalue weighted by Gasteiger charge is -2.24. The smallest absolute Gasteiger partial charge is 0.231 e. The molecule has 2 N–H and O–H groups in total. The standard InChI is InChI=1S/C17H21N3OS/c1-16(2,14-10-18-12-20-14)15(21)19-11-17(8-9-17)22-13-6-4-3-5-7-13/h3-7,10,12H,8-9,11H2,1-2H3,(H,18,20)(H,19,21). The van der Waals surface area contributed by atoms with E-state index in [0.717, 1.165) is 18.5 Å². The van der Waals surface area contributed by atoms with Crippen LogP contribution in [0.1, 0.15) is 32.4 Å². The van der Waals surface area contributed by atoms with Crippen molar-refractivity contribution in [2.45, 2.75) is 41.7 Å². The Morgan fingerprint density at radius 3 is 2.68 bits per heavy atom. The van der Waals surface area contributed by atoms with Crippen molar-refractivity contribution in [2.75, 3.05) is 6.54 Å². The van der Waals surface area contributed by atoms with E-state index < -0.39 is 5.41 Å². The first-order valence-corrected chi connectivity index (χ1v) is 8.35. The highest BCUT2D eigenvalue weighted by Crippen LogP contribution is 2.51. The summed E-state index contributed by atoms with van der Waals surface area (Å²) >= 11 is 1.87. The van der Waals surface area contributed by atoms with Gasteiger partial charge in [0.25, 0.3) is 0 Å². The Bertz CT molecular complexity index is 633. The van der Waals surface area contributed by atoms with Crippen LogP contribution in [0.15, 0.2) is 47.8 Å². The number of aromatic amines is 1. The second-order valence-electron chi connectivity index (χ2n) is 6.37. The van der Waals surface area contributed by atoms with Crippen LogP contribution in [0.25, 0.3) is 0 Å². The van der Waals surface area contributed by atoms with Gasteiger partial charge in [-0.3, -0.25) is 4.79 Å². The van der Waals surface area contributed by atoms with Gasteiger partial charge in [-0.25, -0.2) is 4.98 Å². The van der Waals surface area contributed by atoms with Crippen LogP contribution in [-0.2, 0) is 10.2 Å². The summed E-state index contributed by atoms with van der Waals surface area (Å²) < 4.78 is 0.168. The van der Waals surface area contributed by atoms with Crippen LogP contribution < -0.4 is 5.32 Å². The maximum Gasteiger partial charge on any atom is 0.231 e. The third kappa shape index (κ3) is 3.19. The van der Waals surface area contributed by atoms with Crippen LogP contribution in [0.3, 0.4) is 0 Å². The number of hydrogen-bond donors (Lipinski definition) is 2. The van der Waals surface area contributed by atoms with E-state index in [1.807, 2.05) is 31.7 Å². The summed E-state index contributed by atoms with van der Waals surface area (Å²) in [6.07, 6.45) is 5.62. The molecular weight excluding hydrogens is 294 g/mol. The molecule has 0 atom stereocenters. The normalized spacial score (nSPS) is 16.3. The lowest BCUT2D eigenvalue weighted by molar-refractivity contribution is -0.125. The van der Waals surface area contributed by atoms with Gasteiger partial charge in [-0.15, -0.1) is 11.8 Å². The second kappa shape index (κ2) is 5.80. The van der Waals surface area contributed by atoms with Crippen molar-refractivity contribution < 1.29 is 4.79 Å². The molecule has 5 heteroatoms. The number of hydrogen-bond acceptors (Lipinski definition) is 3. The van der Waals surface area contributed by atoms with Gasteiger partial charge in [0.1, 0.15) is 0 Å². The fraction of sp³-hybridized carbons (Fsp3) is 0.412. The maximum atomic E-state index is 12.5. The van der Waals surface area contributed by atoms with Crippen molar-refractivity contribution in [2.24, 2.45) is 0 Å². The molecule has 4 nitrogen and oxygen atoms in total. The zero-order valence-corrected chi connectivity index (χ0v) is 13.7. The summed E-state index contributed by atoms with van der Waals surface area (Å²) in [5.41, 5.74) is 0.245. The summed E-state index contributed by atoms with van der Waals surface area (Å²) in [6, 6.07) is 10.4. The highest BCUT2D eigenvalue weighted by Gasteiger charge is 2.44. The van der Waals surface area contributed by atoms with E-state index in [-0.39, 0.29) is 10.7 Å². The summed E-state index contributed by atoms with van der Waals surface area (Å²) in [6.45, 7) is 4.54. The van der Waals surface area contributed by atoms with Crippen LogP contribution >= 0.6 is 11.8 Å². The van der Waals surface area contributed by atoms with Gasteiger partial charge in [0.05, 0.1) is 11.7 Å². The molecule has 0 radical (unpaired) electrons. The Labute approximate surface area is 135 Å². The predicted molar refractivity (Wildman–Crippen MR) is 88.9 cm³/mol. The molecule has 1 saturated carbocycles. The molecule has 3 rings (SSSR count). The largest absolute Gasteiger partial charge is 0.354 e. The van der Waals surface area contributed by atoms with Crippen LogP contribution in [-0.4, -0.2) is 27.2 Å². The Morgan fingerprint density at radius 2 is 2.09 bits per heavy atom. The molecule has 1 fully saturated rings. The van der Waals surface area contributed by atoms with Gasteiger partial charge < -0.3 is 10.3 Å². The highest BCUT2D eigenvalue weighted by atomic mass is 32.2. The van der Waals surface area contributed by atoms with Gasteiger partial charge in [-0.2, -0.15) is 0 Å². The number of benzene rings is 1. The van der Waals surface area contributed by atoms with Crippen molar-refractivity contribution in [3.05, 3.63) is 48.5 Å². The Morgan fingerprint density at radius 1 is 1.36 bits per heavy atom. The topological polar surface area (TPSA) is 57.8 Å². The molecule has 0 saturated heterocycles. The zero-order valence-electron chi connectivity index (χ0n) is 12.9. The van der Waals surface area contributed by atoms with E-state index >= 15 is 0 Å². The SMILES string of the molecule is CC(C)(C(=O)NCC1(Sc2ccccc2)CC1)c1cnc[nH]1. The van der Waals surface area contributed by atoms with Crippen LogP contribution in [0.4, 0.5) is 0 Å². The number of amides is 1. The molecule has 0 unspecified atom stereocenters. The number of nitrogens with one attached hydrogen (secondary N) is 2. The molecule has 1 heterocycles. The first-order valence-electron chi connectivity index (χ1n) is 7.53. The number of nitrogens with zero attached hydrogens (tertiary/aromatic N) is 1. The highest BCUT2D eigenvalue weighted by molar-refractivity contribution is 8.01. The van der Waals surface area contributed by atoms with E-state index in [1.54, 1.807) is 12.5 Å². The number of carbonyl (C=O) groups excluding carboxylic acids is 1. The number of carbonyl (C=O) groups is 1. The molecule has 0 bridgehead atoms. The average molecular weight is 315 g/mol. The third-order valence-electron chi connectivity index (χ3n) is 4.20. The minimum absolute atomic E-state index is 0.0386. The van der Waals surface area contributed by atoms with Crippen molar-refractivity contribution >= 4 is 17.7 Å². The van der Waals surface area contributed by atoms with E-state index in [2.05, 4.69) is 39.6 Å². The van der Waals surface area contributed by atoms with Gasteiger partial charge in [0.2, 0.25) is 5.91 Å². The van der Waals surface area contributed by atoms with Crippen molar-refractivity contribution in [1.82, 2.24) is 15.3 Å². The first kappa shape index (κ1) is 15.2. The monoisotopic (exact) mass is 315 g/mol. The number of thioether (sulfide) groups is 1. The third-order valence-corrected chi connectivity index (χ3v) is 5.69. The fourth-order valence-electron chi connectivity index (χ4n) is 2.38. The quantitative estimate of drug-likeness (QED) is 0.861. The number of H-pyrrole nitrogens is 1. The summed E-state index contributed by atoms with van der Waals surface area (Å²) in [5, 5.41) is 3.13. The van der Waals surface area contributed by atoms with E-state index in [9.17, 15) is 4.79 Å². The summed E-state index contributed by atoms with van der Waals surface area (Å²) in [5.74, 6) is 0.0386. The first-order chi connectivity index (χ1) is 10.5. The second-order valence-corrected chi connectivity index (χ2v) is 7.91. The molecule has 2 aromatic rings. The lowest BCUT2D eigenvalue weighted by atomic mass is 9.89. The van der Waals surface area contributed by atoms with Crippen LogP contribution in [0, 0.1) is 0 Å². The van der Waals surface area contributed by atoms with Gasteiger partial charge in [0, 0.05) is 28.1 Å². The lowest BCUT2D eigenvalue weighted by Crippen LogP contribution is -2.43. The van der Waals surface area contributed by atoms with Crippen LogP contribution in [0.2, 0.25) is 0 Å². The van der Waals surface area contributed by atoms with E-state index in [0.29, 0.717) is 6.54 Å². The van der Waals surface area contributed by atoms with Crippen molar-refractivity contribution in [1.29, 1.82) is 0 Å². The van der Waals surface area contributed by atoms with E-state index in [1.165, 1.54) is 4.90 Å². The number of rotatable bonds is 6. The fourth-order valence-corrected chi connectivity index (χ4v) is 3.62. The molecule has 1 aromatic heterocycles. The number of imidazole rings is 1. The molecule has 0 aliphatic heterocycles. The Hall–Kier alpha value is -1.75.